The molecule has 1 fully saturated rings. The molecule has 1 aromatic rings. The van der Waals surface area contributed by atoms with Crippen molar-refractivity contribution in [3.8, 4) is 0 Å². The number of nitrogens with one attached hydrogen (secondary N) is 1. The summed E-state index contributed by atoms with van der Waals surface area (Å²) in [4.78, 5) is 26.3. The summed E-state index contributed by atoms with van der Waals surface area (Å²) in [5.74, 6) is 0. The molecule has 25 heavy (non-hydrogen) atoms. The van der Waals surface area contributed by atoms with Crippen LogP contribution in [0.1, 0.15) is 63.9 Å². The molecule has 0 aliphatic carbocycles. The molecule has 1 aromatic heterocycles. The molecular formula is C18H30N2O5. The number of aliphatic hydroxyl groups excluding tert-OH is 2. The van der Waals surface area contributed by atoms with Crippen molar-refractivity contribution >= 4 is 0 Å². The van der Waals surface area contributed by atoms with Gasteiger partial charge in [-0.3, -0.25) is 14.3 Å². The average Bonchev–Trinajstić information content (AvgIpc) is 2.91. The van der Waals surface area contributed by atoms with Crippen molar-refractivity contribution in [2.75, 3.05) is 6.61 Å². The van der Waals surface area contributed by atoms with Gasteiger partial charge in [-0.2, -0.15) is 0 Å². The minimum absolute atomic E-state index is 0.221. The monoisotopic (exact) mass is 354 g/mol. The SMILES string of the molecule is CCCCCCCC[C@]1(n2cc(C)c(=O)[nH]c2=O)C[C@H](O)[C@@H](CO)O1. The van der Waals surface area contributed by atoms with Crippen LogP contribution in [0.25, 0.3) is 0 Å². The number of unbranched alkanes of at least 4 members (excludes halogenated alkanes) is 5. The summed E-state index contributed by atoms with van der Waals surface area (Å²) in [6, 6.07) is 0. The molecule has 1 saturated heterocycles. The van der Waals surface area contributed by atoms with Crippen LogP contribution in [0.5, 0.6) is 0 Å². The number of aromatic nitrogens is 2. The van der Waals surface area contributed by atoms with Crippen molar-refractivity contribution in [1.29, 1.82) is 0 Å². The minimum Gasteiger partial charge on any atom is -0.394 e. The quantitative estimate of drug-likeness (QED) is 0.581. The Hall–Kier alpha value is -1.44. The Bertz CT molecular complexity index is 668. The highest BCUT2D eigenvalue weighted by Gasteiger charge is 2.47. The van der Waals surface area contributed by atoms with Crippen molar-refractivity contribution in [2.45, 2.75) is 83.1 Å². The third-order valence-electron chi connectivity index (χ3n) is 4.99. The Balaban J connectivity index is 2.21. The molecule has 7 heteroatoms. The highest BCUT2D eigenvalue weighted by molar-refractivity contribution is 5.04. The number of ether oxygens (including phenoxy) is 1. The van der Waals surface area contributed by atoms with Crippen LogP contribution in [0.2, 0.25) is 0 Å². The van der Waals surface area contributed by atoms with E-state index in [0.717, 1.165) is 19.3 Å². The van der Waals surface area contributed by atoms with Gasteiger partial charge in [-0.25, -0.2) is 4.79 Å². The zero-order chi connectivity index (χ0) is 18.4. The topological polar surface area (TPSA) is 105 Å². The molecule has 3 N–H and O–H groups in total. The van der Waals surface area contributed by atoms with E-state index in [2.05, 4.69) is 11.9 Å². The van der Waals surface area contributed by atoms with E-state index in [9.17, 15) is 19.8 Å². The van der Waals surface area contributed by atoms with Crippen molar-refractivity contribution in [3.05, 3.63) is 32.6 Å². The lowest BCUT2D eigenvalue weighted by Gasteiger charge is -2.31. The van der Waals surface area contributed by atoms with E-state index in [1.807, 2.05) is 0 Å². The maximum atomic E-state index is 12.3. The highest BCUT2D eigenvalue weighted by Crippen LogP contribution is 2.38. The second-order valence-corrected chi connectivity index (χ2v) is 7.02. The van der Waals surface area contributed by atoms with E-state index in [0.29, 0.717) is 12.0 Å². The fraction of sp³-hybridized carbons (Fsp3) is 0.778. The first kappa shape index (κ1) is 19.9. The first-order chi connectivity index (χ1) is 11.9. The molecular weight excluding hydrogens is 324 g/mol. The Morgan fingerprint density at radius 1 is 1.28 bits per heavy atom. The van der Waals surface area contributed by atoms with Crippen molar-refractivity contribution < 1.29 is 14.9 Å². The summed E-state index contributed by atoms with van der Waals surface area (Å²) in [6.07, 6.45) is 7.26. The zero-order valence-electron chi connectivity index (χ0n) is 15.2. The summed E-state index contributed by atoms with van der Waals surface area (Å²) in [6.45, 7) is 3.49. The van der Waals surface area contributed by atoms with Crippen LogP contribution in [0.15, 0.2) is 15.8 Å². The number of hydrogen-bond acceptors (Lipinski definition) is 5. The zero-order valence-corrected chi connectivity index (χ0v) is 15.2. The number of aliphatic hydroxyl groups is 2. The molecule has 0 spiro atoms. The molecule has 0 saturated carbocycles. The second-order valence-electron chi connectivity index (χ2n) is 7.02. The molecule has 0 bridgehead atoms. The standard InChI is InChI=1S/C18H30N2O5/c1-3-4-5-6-7-8-9-18(10-14(22)15(12-21)25-18)20-11-13(2)16(23)19-17(20)24/h11,14-15,21-22H,3-10,12H2,1-2H3,(H,19,23,24)/t14-,15+,18+/m0/s1. The van der Waals surface area contributed by atoms with Crippen molar-refractivity contribution in [3.63, 3.8) is 0 Å². The average molecular weight is 354 g/mol. The molecule has 7 nitrogen and oxygen atoms in total. The van der Waals surface area contributed by atoms with Gasteiger partial charge in [-0.15, -0.1) is 0 Å². The Kier molecular flexibility index (Phi) is 6.98. The Morgan fingerprint density at radius 3 is 2.60 bits per heavy atom. The summed E-state index contributed by atoms with van der Waals surface area (Å²) >= 11 is 0. The Morgan fingerprint density at radius 2 is 1.96 bits per heavy atom. The molecule has 0 amide bonds. The highest BCUT2D eigenvalue weighted by atomic mass is 16.6. The van der Waals surface area contributed by atoms with E-state index >= 15 is 0 Å². The predicted octanol–water partition coefficient (Wildman–Crippen LogP) is 1.39. The minimum atomic E-state index is -1.02. The number of nitrogens with zero attached hydrogens (tertiary/aromatic N) is 1. The maximum absolute atomic E-state index is 12.3. The summed E-state index contributed by atoms with van der Waals surface area (Å²) < 4.78 is 7.32. The van der Waals surface area contributed by atoms with Gasteiger partial charge in [0.05, 0.1) is 12.7 Å². The maximum Gasteiger partial charge on any atom is 0.330 e. The number of aryl methyl sites for hydroxylation is 1. The van der Waals surface area contributed by atoms with Gasteiger partial charge in [0, 0.05) is 18.2 Å². The van der Waals surface area contributed by atoms with Gasteiger partial charge in [0.25, 0.3) is 5.56 Å². The van der Waals surface area contributed by atoms with Crippen LogP contribution in [-0.4, -0.2) is 38.6 Å². The third-order valence-corrected chi connectivity index (χ3v) is 4.99. The number of hydrogen-bond donors (Lipinski definition) is 3. The lowest BCUT2D eigenvalue weighted by molar-refractivity contribution is -0.125. The van der Waals surface area contributed by atoms with Gasteiger partial charge in [-0.05, 0) is 19.8 Å². The van der Waals surface area contributed by atoms with E-state index in [1.54, 1.807) is 6.92 Å². The predicted molar refractivity (Wildman–Crippen MR) is 94.6 cm³/mol. The summed E-state index contributed by atoms with van der Waals surface area (Å²) in [5.41, 5.74) is -1.59. The van der Waals surface area contributed by atoms with E-state index < -0.39 is 29.2 Å². The first-order valence-electron chi connectivity index (χ1n) is 9.23. The molecule has 3 atom stereocenters. The molecule has 0 unspecified atom stereocenters. The molecule has 142 valence electrons. The second kappa shape index (κ2) is 8.78. The third kappa shape index (κ3) is 4.59. The number of H-pyrrole nitrogens is 1. The van der Waals surface area contributed by atoms with Crippen molar-refractivity contribution in [1.82, 2.24) is 9.55 Å². The lowest BCUT2D eigenvalue weighted by atomic mass is 9.98. The van der Waals surface area contributed by atoms with Crippen LogP contribution >= 0.6 is 0 Å². The van der Waals surface area contributed by atoms with Gasteiger partial charge < -0.3 is 14.9 Å². The van der Waals surface area contributed by atoms with Crippen LogP contribution in [0, 0.1) is 6.92 Å². The van der Waals surface area contributed by atoms with Crippen LogP contribution < -0.4 is 11.2 Å². The van der Waals surface area contributed by atoms with E-state index in [4.69, 9.17) is 4.74 Å². The van der Waals surface area contributed by atoms with Crippen LogP contribution in [0.4, 0.5) is 0 Å². The van der Waals surface area contributed by atoms with E-state index in [-0.39, 0.29) is 13.0 Å². The van der Waals surface area contributed by atoms with E-state index in [1.165, 1.54) is 30.0 Å². The van der Waals surface area contributed by atoms with Crippen LogP contribution in [0.3, 0.4) is 0 Å². The molecule has 0 aromatic carbocycles. The molecule has 0 radical (unpaired) electrons. The Labute approximate surface area is 147 Å². The normalized spacial score (nSPS) is 26.2. The first-order valence-corrected chi connectivity index (χ1v) is 9.23. The summed E-state index contributed by atoms with van der Waals surface area (Å²) in [5, 5.41) is 19.6. The molecule has 2 heterocycles. The molecule has 1 aliphatic rings. The summed E-state index contributed by atoms with van der Waals surface area (Å²) in [7, 11) is 0. The van der Waals surface area contributed by atoms with Crippen molar-refractivity contribution in [2.24, 2.45) is 0 Å². The van der Waals surface area contributed by atoms with Gasteiger partial charge >= 0.3 is 5.69 Å². The fourth-order valence-corrected chi connectivity index (χ4v) is 3.51. The number of rotatable bonds is 9. The molecule has 1 aliphatic heterocycles. The van der Waals surface area contributed by atoms with Crippen LogP contribution in [-0.2, 0) is 10.5 Å². The van der Waals surface area contributed by atoms with Gasteiger partial charge in [-0.1, -0.05) is 39.0 Å². The number of aromatic amines is 1. The fourth-order valence-electron chi connectivity index (χ4n) is 3.51. The van der Waals surface area contributed by atoms with Gasteiger partial charge in [0.2, 0.25) is 0 Å². The smallest absolute Gasteiger partial charge is 0.330 e. The molecule has 2 rings (SSSR count). The largest absolute Gasteiger partial charge is 0.394 e. The lowest BCUT2D eigenvalue weighted by Crippen LogP contribution is -2.45. The van der Waals surface area contributed by atoms with Gasteiger partial charge in [0.1, 0.15) is 6.10 Å². The van der Waals surface area contributed by atoms with Gasteiger partial charge in [0.15, 0.2) is 5.72 Å².